The zero-order valence-electron chi connectivity index (χ0n) is 8.53. The summed E-state index contributed by atoms with van der Waals surface area (Å²) in [5.41, 5.74) is 2.45. The molecule has 1 heterocycles. The van der Waals surface area contributed by atoms with Crippen molar-refractivity contribution in [3.05, 3.63) is 16.1 Å². The Bertz CT molecular complexity index is 312. The first-order valence-corrected chi connectivity index (χ1v) is 5.23. The molecule has 1 amide bonds. The van der Waals surface area contributed by atoms with Gasteiger partial charge >= 0.3 is 0 Å². The predicted octanol–water partition coefficient (Wildman–Crippen LogP) is 1.22. The van der Waals surface area contributed by atoms with Crippen molar-refractivity contribution in [3.8, 4) is 0 Å². The lowest BCUT2D eigenvalue weighted by atomic mass is 10.3. The van der Waals surface area contributed by atoms with Crippen LogP contribution in [0.1, 0.15) is 22.3 Å². The molecule has 78 valence electrons. The fraction of sp³-hybridized carbons (Fsp3) is 0.556. The maximum Gasteiger partial charge on any atom is 0.263 e. The number of aromatic nitrogens is 1. The van der Waals surface area contributed by atoms with Crippen LogP contribution in [-0.4, -0.2) is 30.6 Å². The van der Waals surface area contributed by atoms with Crippen molar-refractivity contribution < 1.29 is 9.53 Å². The minimum absolute atomic E-state index is 0.0222. The highest BCUT2D eigenvalue weighted by Gasteiger charge is 2.13. The summed E-state index contributed by atoms with van der Waals surface area (Å²) in [6.45, 7) is 4.24. The Balaban J connectivity index is 2.55. The second kappa shape index (κ2) is 5.07. The Morgan fingerprint density at radius 2 is 2.50 bits per heavy atom. The number of carbonyl (C=O) groups excluding carboxylic acids is 1. The van der Waals surface area contributed by atoms with Crippen molar-refractivity contribution in [2.24, 2.45) is 0 Å². The van der Waals surface area contributed by atoms with Crippen molar-refractivity contribution in [1.29, 1.82) is 0 Å². The van der Waals surface area contributed by atoms with Crippen molar-refractivity contribution in [3.63, 3.8) is 0 Å². The molecule has 1 N–H and O–H groups in total. The Morgan fingerprint density at radius 3 is 3.00 bits per heavy atom. The number of hydrogen-bond acceptors (Lipinski definition) is 4. The van der Waals surface area contributed by atoms with Gasteiger partial charge < -0.3 is 10.1 Å². The van der Waals surface area contributed by atoms with E-state index in [0.29, 0.717) is 11.5 Å². The smallest absolute Gasteiger partial charge is 0.263 e. The van der Waals surface area contributed by atoms with E-state index in [1.807, 2.05) is 13.8 Å². The van der Waals surface area contributed by atoms with Crippen LogP contribution in [0.4, 0.5) is 0 Å². The van der Waals surface area contributed by atoms with E-state index in [1.54, 1.807) is 12.6 Å². The molecule has 0 aliphatic heterocycles. The number of carbonyl (C=O) groups is 1. The zero-order valence-corrected chi connectivity index (χ0v) is 9.35. The van der Waals surface area contributed by atoms with E-state index < -0.39 is 0 Å². The van der Waals surface area contributed by atoms with Gasteiger partial charge in [0, 0.05) is 13.2 Å². The first kappa shape index (κ1) is 11.1. The molecule has 1 aromatic heterocycles. The highest BCUT2D eigenvalue weighted by atomic mass is 32.1. The summed E-state index contributed by atoms with van der Waals surface area (Å²) in [7, 11) is 1.61. The van der Waals surface area contributed by atoms with Gasteiger partial charge in [0.05, 0.1) is 17.8 Å². The number of nitrogens with one attached hydrogen (secondary N) is 1. The van der Waals surface area contributed by atoms with Gasteiger partial charge in [-0.15, -0.1) is 11.3 Å². The van der Waals surface area contributed by atoms with Gasteiger partial charge in [-0.25, -0.2) is 4.98 Å². The quantitative estimate of drug-likeness (QED) is 0.819. The van der Waals surface area contributed by atoms with Crippen LogP contribution in [0.2, 0.25) is 0 Å². The van der Waals surface area contributed by atoms with Crippen molar-refractivity contribution in [2.45, 2.75) is 19.9 Å². The number of rotatable bonds is 4. The Kier molecular flexibility index (Phi) is 4.03. The summed E-state index contributed by atoms with van der Waals surface area (Å²) in [6, 6.07) is 0.0222. The van der Waals surface area contributed by atoms with Gasteiger partial charge in [-0.2, -0.15) is 0 Å². The molecule has 0 radical (unpaired) electrons. The van der Waals surface area contributed by atoms with Crippen LogP contribution < -0.4 is 5.32 Å². The topological polar surface area (TPSA) is 51.2 Å². The highest BCUT2D eigenvalue weighted by molar-refractivity contribution is 7.11. The standard InChI is InChI=1S/C9H14N2O2S/c1-6(4-13-3)11-9(12)8-7(2)10-5-14-8/h5-6H,4H2,1-3H3,(H,11,12)/t6-/m1/s1. The van der Waals surface area contributed by atoms with Crippen LogP contribution in [0.25, 0.3) is 0 Å². The highest BCUT2D eigenvalue weighted by Crippen LogP contribution is 2.11. The molecule has 0 saturated heterocycles. The number of aryl methyl sites for hydroxylation is 1. The fourth-order valence-corrected chi connectivity index (χ4v) is 1.81. The minimum atomic E-state index is -0.0745. The van der Waals surface area contributed by atoms with Crippen molar-refractivity contribution >= 4 is 17.2 Å². The van der Waals surface area contributed by atoms with Crippen LogP contribution in [0, 0.1) is 6.92 Å². The van der Waals surface area contributed by atoms with Gasteiger partial charge in [-0.1, -0.05) is 0 Å². The van der Waals surface area contributed by atoms with E-state index in [9.17, 15) is 4.79 Å². The molecule has 0 spiro atoms. The Labute approximate surface area is 87.3 Å². The monoisotopic (exact) mass is 214 g/mol. The normalized spacial score (nSPS) is 12.5. The second-order valence-corrected chi connectivity index (χ2v) is 3.95. The first-order chi connectivity index (χ1) is 6.65. The summed E-state index contributed by atoms with van der Waals surface area (Å²) >= 11 is 1.35. The lowest BCUT2D eigenvalue weighted by Crippen LogP contribution is -2.35. The van der Waals surface area contributed by atoms with Crippen LogP contribution in [0.15, 0.2) is 5.51 Å². The van der Waals surface area contributed by atoms with Gasteiger partial charge in [-0.3, -0.25) is 4.79 Å². The summed E-state index contributed by atoms with van der Waals surface area (Å²) < 4.78 is 4.93. The van der Waals surface area contributed by atoms with E-state index in [2.05, 4.69) is 10.3 Å². The minimum Gasteiger partial charge on any atom is -0.383 e. The van der Waals surface area contributed by atoms with Gasteiger partial charge in [0.25, 0.3) is 5.91 Å². The molecule has 5 heteroatoms. The maximum atomic E-state index is 11.6. The molecule has 0 aromatic carbocycles. The average Bonchev–Trinajstić information content (AvgIpc) is 2.51. The molecule has 0 aliphatic carbocycles. The summed E-state index contributed by atoms with van der Waals surface area (Å²) in [5, 5.41) is 2.83. The largest absolute Gasteiger partial charge is 0.383 e. The van der Waals surface area contributed by atoms with E-state index in [0.717, 1.165) is 5.69 Å². The summed E-state index contributed by atoms with van der Waals surface area (Å²) in [4.78, 5) is 16.3. The molecule has 0 fully saturated rings. The SMILES string of the molecule is COC[C@@H](C)NC(=O)c1scnc1C. The summed E-state index contributed by atoms with van der Waals surface area (Å²) in [6.07, 6.45) is 0. The van der Waals surface area contributed by atoms with Crippen LogP contribution in [0.3, 0.4) is 0 Å². The molecule has 14 heavy (non-hydrogen) atoms. The number of ether oxygens (including phenoxy) is 1. The van der Waals surface area contributed by atoms with Crippen LogP contribution in [0.5, 0.6) is 0 Å². The molecule has 1 aromatic rings. The molecular formula is C9H14N2O2S. The third-order valence-electron chi connectivity index (χ3n) is 1.75. The first-order valence-electron chi connectivity index (χ1n) is 4.35. The van der Waals surface area contributed by atoms with E-state index in [1.165, 1.54) is 11.3 Å². The predicted molar refractivity (Wildman–Crippen MR) is 55.7 cm³/mol. The third kappa shape index (κ3) is 2.78. The second-order valence-electron chi connectivity index (χ2n) is 3.10. The van der Waals surface area contributed by atoms with E-state index in [4.69, 9.17) is 4.74 Å². The van der Waals surface area contributed by atoms with E-state index >= 15 is 0 Å². The molecule has 0 aliphatic rings. The van der Waals surface area contributed by atoms with Gasteiger partial charge in [0.15, 0.2) is 0 Å². The molecular weight excluding hydrogens is 200 g/mol. The fourth-order valence-electron chi connectivity index (χ4n) is 1.10. The molecule has 0 saturated carbocycles. The van der Waals surface area contributed by atoms with Crippen LogP contribution in [-0.2, 0) is 4.74 Å². The number of amides is 1. The molecule has 0 unspecified atom stereocenters. The third-order valence-corrected chi connectivity index (χ3v) is 2.67. The molecule has 4 nitrogen and oxygen atoms in total. The van der Waals surface area contributed by atoms with Gasteiger partial charge in [-0.05, 0) is 13.8 Å². The maximum absolute atomic E-state index is 11.6. The lowest BCUT2D eigenvalue weighted by molar-refractivity contribution is 0.0909. The Morgan fingerprint density at radius 1 is 1.79 bits per heavy atom. The molecule has 0 bridgehead atoms. The number of thiazole rings is 1. The number of methoxy groups -OCH3 is 1. The van der Waals surface area contributed by atoms with Crippen molar-refractivity contribution in [2.75, 3.05) is 13.7 Å². The van der Waals surface area contributed by atoms with E-state index in [-0.39, 0.29) is 11.9 Å². The van der Waals surface area contributed by atoms with Gasteiger partial charge in [0.2, 0.25) is 0 Å². The number of hydrogen-bond donors (Lipinski definition) is 1. The summed E-state index contributed by atoms with van der Waals surface area (Å²) in [5.74, 6) is -0.0745. The molecule has 1 rings (SSSR count). The number of nitrogens with zero attached hydrogens (tertiary/aromatic N) is 1. The zero-order chi connectivity index (χ0) is 10.6. The van der Waals surface area contributed by atoms with Crippen LogP contribution >= 0.6 is 11.3 Å². The van der Waals surface area contributed by atoms with Crippen molar-refractivity contribution in [1.82, 2.24) is 10.3 Å². The van der Waals surface area contributed by atoms with Gasteiger partial charge in [0.1, 0.15) is 4.88 Å². The average molecular weight is 214 g/mol. The molecule has 1 atom stereocenters. The lowest BCUT2D eigenvalue weighted by Gasteiger charge is -2.11. The Hall–Kier alpha value is -0.940.